The van der Waals surface area contributed by atoms with Crippen LogP contribution in [0.4, 0.5) is 5.69 Å². The molecule has 6 heteroatoms. The van der Waals surface area contributed by atoms with E-state index < -0.39 is 4.92 Å². The Labute approximate surface area is 122 Å². The number of halogens is 1. The van der Waals surface area contributed by atoms with Crippen molar-refractivity contribution in [2.45, 2.75) is 39.7 Å². The second-order valence-corrected chi connectivity index (χ2v) is 5.79. The lowest BCUT2D eigenvalue weighted by Crippen LogP contribution is -2.35. The predicted octanol–water partition coefficient (Wildman–Crippen LogP) is 3.49. The first-order chi connectivity index (χ1) is 8.88. The fourth-order valence-corrected chi connectivity index (χ4v) is 2.96. The maximum atomic E-state index is 10.7. The number of hydrogen-bond donors (Lipinski definition) is 1. The zero-order chi connectivity index (χ0) is 14.6. The van der Waals surface area contributed by atoms with Crippen molar-refractivity contribution in [3.63, 3.8) is 0 Å². The van der Waals surface area contributed by atoms with Gasteiger partial charge in [-0.05, 0) is 35.3 Å². The van der Waals surface area contributed by atoms with E-state index >= 15 is 0 Å². The van der Waals surface area contributed by atoms with Crippen molar-refractivity contribution < 1.29 is 4.92 Å². The molecule has 1 heterocycles. The van der Waals surface area contributed by atoms with Crippen molar-refractivity contribution >= 4 is 21.6 Å². The molecule has 0 aliphatic heterocycles. The van der Waals surface area contributed by atoms with Gasteiger partial charge < -0.3 is 5.32 Å². The van der Waals surface area contributed by atoms with Gasteiger partial charge in [-0.15, -0.1) is 0 Å². The third-order valence-electron chi connectivity index (χ3n) is 3.16. The van der Waals surface area contributed by atoms with Crippen LogP contribution in [0.15, 0.2) is 16.7 Å². The smallest absolute Gasteiger partial charge is 0.288 e. The van der Waals surface area contributed by atoms with Crippen LogP contribution in [0.2, 0.25) is 0 Å². The third kappa shape index (κ3) is 3.98. The molecular formula is C13H20BrN3O2. The van der Waals surface area contributed by atoms with Crippen molar-refractivity contribution in [3.8, 4) is 0 Å². The summed E-state index contributed by atoms with van der Waals surface area (Å²) in [4.78, 5) is 14.6. The quantitative estimate of drug-likeness (QED) is 0.640. The molecular weight excluding hydrogens is 310 g/mol. The Bertz CT molecular complexity index is 452. The van der Waals surface area contributed by atoms with Gasteiger partial charge >= 0.3 is 0 Å². The van der Waals surface area contributed by atoms with Crippen LogP contribution < -0.4 is 5.32 Å². The summed E-state index contributed by atoms with van der Waals surface area (Å²) in [5.74, 6) is 0.592. The molecule has 2 unspecified atom stereocenters. The second kappa shape index (κ2) is 6.96. The highest BCUT2D eigenvalue weighted by atomic mass is 79.9. The molecule has 0 aliphatic rings. The molecule has 0 radical (unpaired) electrons. The summed E-state index contributed by atoms with van der Waals surface area (Å²) >= 11 is 3.41. The van der Waals surface area contributed by atoms with Gasteiger partial charge in [-0.2, -0.15) is 0 Å². The molecule has 0 amide bonds. The van der Waals surface area contributed by atoms with Gasteiger partial charge in [0.2, 0.25) is 0 Å². The average Bonchev–Trinajstić information content (AvgIpc) is 2.31. The summed E-state index contributed by atoms with van der Waals surface area (Å²) in [5, 5.41) is 14.1. The standard InChI is InChI=1S/C13H20BrN3O2/c1-5-15-9(4)12(8(2)3)13-11(14)6-10(7-16-13)17(18)19/h6-9,12,15H,5H2,1-4H3. The molecule has 0 aliphatic carbocycles. The Hall–Kier alpha value is -1.01. The molecule has 1 aromatic heterocycles. The van der Waals surface area contributed by atoms with Crippen LogP contribution >= 0.6 is 15.9 Å². The molecule has 0 saturated heterocycles. The monoisotopic (exact) mass is 329 g/mol. The fraction of sp³-hybridized carbons (Fsp3) is 0.615. The summed E-state index contributed by atoms with van der Waals surface area (Å²) in [6.45, 7) is 9.33. The molecule has 106 valence electrons. The third-order valence-corrected chi connectivity index (χ3v) is 3.80. The first-order valence-electron chi connectivity index (χ1n) is 6.41. The van der Waals surface area contributed by atoms with E-state index in [0.717, 1.165) is 12.2 Å². The van der Waals surface area contributed by atoms with Gasteiger partial charge in [-0.25, -0.2) is 0 Å². The zero-order valence-electron chi connectivity index (χ0n) is 11.7. The van der Waals surface area contributed by atoms with E-state index in [-0.39, 0.29) is 17.6 Å². The SMILES string of the molecule is CCNC(C)C(c1ncc([N+](=O)[O-])cc1Br)C(C)C. The van der Waals surface area contributed by atoms with Crippen LogP contribution in [0, 0.1) is 16.0 Å². The van der Waals surface area contributed by atoms with Crippen molar-refractivity contribution in [3.05, 3.63) is 32.5 Å². The number of nitrogens with one attached hydrogen (secondary N) is 1. The second-order valence-electron chi connectivity index (χ2n) is 4.93. The molecule has 0 aromatic carbocycles. The van der Waals surface area contributed by atoms with Crippen LogP contribution in [-0.4, -0.2) is 22.5 Å². The minimum atomic E-state index is -0.431. The van der Waals surface area contributed by atoms with Crippen LogP contribution in [-0.2, 0) is 0 Å². The number of nitrogens with zero attached hydrogens (tertiary/aromatic N) is 2. The van der Waals surface area contributed by atoms with E-state index in [2.05, 4.69) is 53.9 Å². The van der Waals surface area contributed by atoms with Crippen molar-refractivity contribution in [1.82, 2.24) is 10.3 Å². The zero-order valence-corrected chi connectivity index (χ0v) is 13.3. The lowest BCUT2D eigenvalue weighted by molar-refractivity contribution is -0.385. The van der Waals surface area contributed by atoms with Gasteiger partial charge in [0, 0.05) is 22.5 Å². The number of hydrogen-bond acceptors (Lipinski definition) is 4. The number of likely N-dealkylation sites (N-methyl/N-ethyl adjacent to an activating group) is 1. The van der Waals surface area contributed by atoms with Crippen LogP contribution in [0.3, 0.4) is 0 Å². The number of nitro groups is 1. The van der Waals surface area contributed by atoms with Crippen LogP contribution in [0.5, 0.6) is 0 Å². The Balaban J connectivity index is 3.13. The van der Waals surface area contributed by atoms with Crippen molar-refractivity contribution in [2.24, 2.45) is 5.92 Å². The fourth-order valence-electron chi connectivity index (χ4n) is 2.36. The minimum absolute atomic E-state index is 0.00855. The first-order valence-corrected chi connectivity index (χ1v) is 7.21. The van der Waals surface area contributed by atoms with Crippen LogP contribution in [0.25, 0.3) is 0 Å². The van der Waals surface area contributed by atoms with Gasteiger partial charge in [0.1, 0.15) is 6.20 Å². The highest BCUT2D eigenvalue weighted by Crippen LogP contribution is 2.33. The predicted molar refractivity (Wildman–Crippen MR) is 79.3 cm³/mol. The van der Waals surface area contributed by atoms with Gasteiger partial charge in [-0.1, -0.05) is 20.8 Å². The molecule has 2 atom stereocenters. The maximum absolute atomic E-state index is 10.7. The lowest BCUT2D eigenvalue weighted by atomic mass is 9.86. The largest absolute Gasteiger partial charge is 0.314 e. The van der Waals surface area contributed by atoms with E-state index in [0.29, 0.717) is 10.4 Å². The molecule has 0 saturated carbocycles. The van der Waals surface area contributed by atoms with E-state index in [4.69, 9.17) is 0 Å². The topological polar surface area (TPSA) is 68.1 Å². The Morgan fingerprint density at radius 3 is 2.53 bits per heavy atom. The lowest BCUT2D eigenvalue weighted by Gasteiger charge is -2.28. The Kier molecular flexibility index (Phi) is 5.87. The Morgan fingerprint density at radius 2 is 2.11 bits per heavy atom. The summed E-state index contributed by atoms with van der Waals surface area (Å²) in [5.41, 5.74) is 0.878. The van der Waals surface area contributed by atoms with Crippen LogP contribution in [0.1, 0.15) is 39.3 Å². The first kappa shape index (κ1) is 16.0. The highest BCUT2D eigenvalue weighted by molar-refractivity contribution is 9.10. The summed E-state index contributed by atoms with van der Waals surface area (Å²) < 4.78 is 0.699. The highest BCUT2D eigenvalue weighted by Gasteiger charge is 2.26. The van der Waals surface area contributed by atoms with E-state index in [1.54, 1.807) is 0 Å². The average molecular weight is 330 g/mol. The van der Waals surface area contributed by atoms with E-state index in [1.165, 1.54) is 12.3 Å². The molecule has 0 bridgehead atoms. The van der Waals surface area contributed by atoms with Gasteiger partial charge in [0.15, 0.2) is 0 Å². The molecule has 0 fully saturated rings. The molecule has 19 heavy (non-hydrogen) atoms. The maximum Gasteiger partial charge on any atom is 0.288 e. The minimum Gasteiger partial charge on any atom is -0.314 e. The summed E-state index contributed by atoms with van der Waals surface area (Å²) in [7, 11) is 0. The Morgan fingerprint density at radius 1 is 1.47 bits per heavy atom. The molecule has 1 aromatic rings. The number of aromatic nitrogens is 1. The van der Waals surface area contributed by atoms with Gasteiger partial charge in [0.05, 0.1) is 10.6 Å². The van der Waals surface area contributed by atoms with Gasteiger partial charge in [0.25, 0.3) is 5.69 Å². The molecule has 0 spiro atoms. The van der Waals surface area contributed by atoms with Crippen molar-refractivity contribution in [2.75, 3.05) is 6.54 Å². The summed E-state index contributed by atoms with van der Waals surface area (Å²) in [6, 6.07) is 1.78. The van der Waals surface area contributed by atoms with Crippen molar-refractivity contribution in [1.29, 1.82) is 0 Å². The number of rotatable bonds is 6. The molecule has 5 nitrogen and oxygen atoms in total. The number of pyridine rings is 1. The summed E-state index contributed by atoms with van der Waals surface area (Å²) in [6.07, 6.45) is 1.33. The van der Waals surface area contributed by atoms with Gasteiger partial charge in [-0.3, -0.25) is 15.1 Å². The van der Waals surface area contributed by atoms with E-state index in [1.807, 2.05) is 0 Å². The molecule has 1 N–H and O–H groups in total. The normalized spacial score (nSPS) is 14.4. The molecule has 1 rings (SSSR count). The van der Waals surface area contributed by atoms with E-state index in [9.17, 15) is 10.1 Å².